The van der Waals surface area contributed by atoms with Gasteiger partial charge in [0.25, 0.3) is 5.91 Å². The summed E-state index contributed by atoms with van der Waals surface area (Å²) in [7, 11) is 1.76. The Kier molecular flexibility index (Phi) is 3.96. The fourth-order valence-electron chi connectivity index (χ4n) is 2.45. The smallest absolute Gasteiger partial charge is 0.267 e. The third kappa shape index (κ3) is 2.88. The molecule has 5 heteroatoms. The molecule has 0 saturated heterocycles. The molecule has 0 fully saturated rings. The first-order chi connectivity index (χ1) is 10.6. The van der Waals surface area contributed by atoms with Crippen molar-refractivity contribution in [2.45, 2.75) is 25.7 Å². The highest BCUT2D eigenvalue weighted by atomic mass is 16.6. The molecule has 0 radical (unpaired) electrons. The van der Waals surface area contributed by atoms with E-state index < -0.39 is 6.10 Å². The van der Waals surface area contributed by atoms with Crippen molar-refractivity contribution >= 4 is 5.91 Å². The van der Waals surface area contributed by atoms with E-state index in [4.69, 9.17) is 9.47 Å². The molecule has 2 heterocycles. The lowest BCUT2D eigenvalue weighted by Crippen LogP contribution is -2.49. The van der Waals surface area contributed by atoms with Crippen LogP contribution in [0.15, 0.2) is 48.8 Å². The number of nitrogens with zero attached hydrogens (tertiary/aromatic N) is 2. The van der Waals surface area contributed by atoms with Crippen molar-refractivity contribution in [3.63, 3.8) is 0 Å². The zero-order chi connectivity index (χ0) is 15.5. The van der Waals surface area contributed by atoms with Gasteiger partial charge in [0.15, 0.2) is 11.5 Å². The van der Waals surface area contributed by atoms with Crippen LogP contribution >= 0.6 is 0 Å². The monoisotopic (exact) mass is 298 g/mol. The van der Waals surface area contributed by atoms with Crippen LogP contribution < -0.4 is 9.47 Å². The van der Waals surface area contributed by atoms with Gasteiger partial charge in [-0.05, 0) is 36.8 Å². The maximum absolute atomic E-state index is 12.6. The van der Waals surface area contributed by atoms with Crippen molar-refractivity contribution in [2.75, 3.05) is 7.05 Å². The summed E-state index contributed by atoms with van der Waals surface area (Å²) in [6, 6.07) is 11.2. The van der Waals surface area contributed by atoms with Crippen LogP contribution in [0.5, 0.6) is 11.5 Å². The number of carbonyl (C=O) groups excluding carboxylic acids is 1. The maximum Gasteiger partial charge on any atom is 0.267 e. The number of pyridine rings is 1. The van der Waals surface area contributed by atoms with E-state index in [0.717, 1.165) is 5.56 Å². The zero-order valence-corrected chi connectivity index (χ0v) is 12.6. The van der Waals surface area contributed by atoms with Crippen LogP contribution in [0.3, 0.4) is 0 Å². The first-order valence-corrected chi connectivity index (χ1v) is 7.21. The number of likely N-dealkylation sites (N-methyl/N-ethyl adjacent to an activating group) is 1. The summed E-state index contributed by atoms with van der Waals surface area (Å²) in [5.41, 5.74) is 1.02. The molecule has 0 N–H and O–H groups in total. The van der Waals surface area contributed by atoms with Gasteiger partial charge in [-0.2, -0.15) is 0 Å². The molecule has 1 amide bonds. The van der Waals surface area contributed by atoms with Gasteiger partial charge in [0.1, 0.15) is 6.10 Å². The molecule has 0 saturated carbocycles. The Labute approximate surface area is 129 Å². The summed E-state index contributed by atoms with van der Waals surface area (Å²) in [5.74, 6) is 1.19. The van der Waals surface area contributed by atoms with Crippen molar-refractivity contribution < 1.29 is 14.3 Å². The molecule has 114 valence electrons. The van der Waals surface area contributed by atoms with Crippen LogP contribution in [-0.4, -0.2) is 35.0 Å². The van der Waals surface area contributed by atoms with Crippen LogP contribution in [0.4, 0.5) is 0 Å². The molecule has 1 aromatic heterocycles. The normalized spacial score (nSPS) is 19.5. The molecule has 1 aromatic carbocycles. The van der Waals surface area contributed by atoms with Gasteiger partial charge in [-0.1, -0.05) is 12.1 Å². The van der Waals surface area contributed by atoms with Crippen LogP contribution in [-0.2, 0) is 11.3 Å². The first-order valence-electron chi connectivity index (χ1n) is 7.21. The highest BCUT2D eigenvalue weighted by Crippen LogP contribution is 2.33. The number of carbonyl (C=O) groups is 1. The predicted molar refractivity (Wildman–Crippen MR) is 81.7 cm³/mol. The number of benzene rings is 1. The van der Waals surface area contributed by atoms with E-state index in [1.165, 1.54) is 0 Å². The van der Waals surface area contributed by atoms with Crippen molar-refractivity contribution in [1.29, 1.82) is 0 Å². The molecule has 3 rings (SSSR count). The summed E-state index contributed by atoms with van der Waals surface area (Å²) in [5, 5.41) is 0. The molecule has 2 atom stereocenters. The number of para-hydroxylation sites is 2. The van der Waals surface area contributed by atoms with Crippen molar-refractivity contribution in [2.24, 2.45) is 0 Å². The lowest BCUT2D eigenvalue weighted by molar-refractivity contribution is -0.143. The van der Waals surface area contributed by atoms with E-state index in [9.17, 15) is 4.79 Å². The molecule has 5 nitrogen and oxygen atoms in total. The number of hydrogen-bond acceptors (Lipinski definition) is 4. The predicted octanol–water partition coefficient (Wildman–Crippen LogP) is 2.27. The van der Waals surface area contributed by atoms with Gasteiger partial charge in [0, 0.05) is 26.0 Å². The summed E-state index contributed by atoms with van der Waals surface area (Å²) in [6.07, 6.45) is 2.46. The lowest BCUT2D eigenvalue weighted by atomic mass is 10.1. The van der Waals surface area contributed by atoms with Gasteiger partial charge in [0.2, 0.25) is 6.10 Å². The van der Waals surface area contributed by atoms with Crippen molar-refractivity contribution in [3.05, 3.63) is 54.4 Å². The summed E-state index contributed by atoms with van der Waals surface area (Å²) in [6.45, 7) is 2.36. The largest absolute Gasteiger partial charge is 0.482 e. The topological polar surface area (TPSA) is 51.7 Å². The molecular weight excluding hydrogens is 280 g/mol. The summed E-state index contributed by atoms with van der Waals surface area (Å²) in [4.78, 5) is 18.3. The number of ether oxygens (including phenoxy) is 2. The fraction of sp³-hybridized carbons (Fsp3) is 0.294. The van der Waals surface area contributed by atoms with Crippen LogP contribution in [0.25, 0.3) is 0 Å². The molecule has 0 aliphatic carbocycles. The minimum atomic E-state index is -0.637. The van der Waals surface area contributed by atoms with E-state index in [2.05, 4.69) is 4.98 Å². The third-order valence-corrected chi connectivity index (χ3v) is 3.63. The fourth-order valence-corrected chi connectivity index (χ4v) is 2.45. The number of hydrogen-bond donors (Lipinski definition) is 0. The van der Waals surface area contributed by atoms with Gasteiger partial charge in [0.05, 0.1) is 0 Å². The average Bonchev–Trinajstić information content (AvgIpc) is 2.54. The quantitative estimate of drug-likeness (QED) is 0.872. The van der Waals surface area contributed by atoms with E-state index in [0.29, 0.717) is 18.0 Å². The maximum atomic E-state index is 12.6. The highest BCUT2D eigenvalue weighted by molar-refractivity contribution is 5.82. The molecule has 0 bridgehead atoms. The number of rotatable bonds is 3. The minimum Gasteiger partial charge on any atom is -0.482 e. The van der Waals surface area contributed by atoms with E-state index >= 15 is 0 Å². The standard InChI is InChI=1S/C17H18N2O3/c1-12-16(22-15-6-4-3-5-14(15)21-12)17(20)19(2)11-13-7-9-18-10-8-13/h3-10,12,16H,11H2,1-2H3/t12-,16+/m1/s1. The average molecular weight is 298 g/mol. The molecule has 1 aliphatic heterocycles. The molecule has 2 aromatic rings. The van der Waals surface area contributed by atoms with E-state index in [-0.39, 0.29) is 12.0 Å². The zero-order valence-electron chi connectivity index (χ0n) is 12.6. The second-order valence-corrected chi connectivity index (χ2v) is 5.36. The highest BCUT2D eigenvalue weighted by Gasteiger charge is 2.35. The number of fused-ring (bicyclic) bond motifs is 1. The Bertz CT molecular complexity index is 660. The number of amides is 1. The van der Waals surface area contributed by atoms with Crippen molar-refractivity contribution in [1.82, 2.24) is 9.88 Å². The molecule has 22 heavy (non-hydrogen) atoms. The lowest BCUT2D eigenvalue weighted by Gasteiger charge is -2.33. The third-order valence-electron chi connectivity index (χ3n) is 3.63. The Morgan fingerprint density at radius 2 is 1.77 bits per heavy atom. The molecule has 0 spiro atoms. The summed E-state index contributed by atoms with van der Waals surface area (Å²) < 4.78 is 11.6. The van der Waals surface area contributed by atoms with Gasteiger partial charge >= 0.3 is 0 Å². The van der Waals surface area contributed by atoms with Gasteiger partial charge in [-0.15, -0.1) is 0 Å². The van der Waals surface area contributed by atoms with Crippen molar-refractivity contribution in [3.8, 4) is 11.5 Å². The Morgan fingerprint density at radius 1 is 1.14 bits per heavy atom. The Morgan fingerprint density at radius 3 is 2.45 bits per heavy atom. The Hall–Kier alpha value is -2.56. The minimum absolute atomic E-state index is 0.0983. The molecular formula is C17H18N2O3. The number of aromatic nitrogens is 1. The van der Waals surface area contributed by atoms with E-state index in [1.54, 1.807) is 24.3 Å². The Balaban J connectivity index is 1.72. The first kappa shape index (κ1) is 14.4. The van der Waals surface area contributed by atoms with Gasteiger partial charge < -0.3 is 14.4 Å². The van der Waals surface area contributed by atoms with Gasteiger partial charge in [-0.3, -0.25) is 9.78 Å². The summed E-state index contributed by atoms with van der Waals surface area (Å²) >= 11 is 0. The SMILES string of the molecule is C[C@H]1Oc2ccccc2O[C@@H]1C(=O)N(C)Cc1ccncc1. The molecule has 1 aliphatic rings. The van der Waals surface area contributed by atoms with Gasteiger partial charge in [-0.25, -0.2) is 0 Å². The van der Waals surface area contributed by atoms with Crippen LogP contribution in [0.2, 0.25) is 0 Å². The van der Waals surface area contributed by atoms with Crippen LogP contribution in [0, 0.1) is 0 Å². The van der Waals surface area contributed by atoms with E-state index in [1.807, 2.05) is 43.3 Å². The molecule has 0 unspecified atom stereocenters. The second-order valence-electron chi connectivity index (χ2n) is 5.36. The second kappa shape index (κ2) is 6.05. The van der Waals surface area contributed by atoms with Crippen LogP contribution in [0.1, 0.15) is 12.5 Å².